The van der Waals surface area contributed by atoms with Crippen molar-refractivity contribution in [2.24, 2.45) is 11.8 Å². The number of benzene rings is 1. The van der Waals surface area contributed by atoms with Crippen molar-refractivity contribution >= 4 is 16.9 Å². The summed E-state index contributed by atoms with van der Waals surface area (Å²) in [7, 11) is 1.33. The average molecular weight is 310 g/mol. The lowest BCUT2D eigenvalue weighted by Crippen LogP contribution is -2.16. The van der Waals surface area contributed by atoms with Crippen LogP contribution < -0.4 is 5.43 Å². The number of carbonyl (C=O) groups is 1. The topological polar surface area (TPSA) is 56.5 Å². The molecule has 1 heterocycles. The Morgan fingerprint density at radius 3 is 2.74 bits per heavy atom. The Bertz CT molecular complexity index is 890. The van der Waals surface area contributed by atoms with Crippen LogP contribution in [0.2, 0.25) is 0 Å². The largest absolute Gasteiger partial charge is 0.465 e. The molecule has 0 spiro atoms. The Balaban J connectivity index is 1.95. The monoisotopic (exact) mass is 310 g/mol. The van der Waals surface area contributed by atoms with Gasteiger partial charge in [-0.15, -0.1) is 0 Å². The van der Waals surface area contributed by atoms with Crippen LogP contribution in [0.1, 0.15) is 40.4 Å². The van der Waals surface area contributed by atoms with E-state index in [2.05, 4.69) is 12.2 Å². The van der Waals surface area contributed by atoms with Crippen molar-refractivity contribution in [2.75, 3.05) is 7.11 Å². The minimum Gasteiger partial charge on any atom is -0.465 e. The molecule has 4 rings (SSSR count). The van der Waals surface area contributed by atoms with E-state index in [1.807, 2.05) is 6.92 Å². The van der Waals surface area contributed by atoms with Gasteiger partial charge < -0.3 is 9.15 Å². The lowest BCUT2D eigenvalue weighted by atomic mass is 9.88. The van der Waals surface area contributed by atoms with E-state index >= 15 is 0 Å². The van der Waals surface area contributed by atoms with Crippen molar-refractivity contribution in [2.45, 2.75) is 25.7 Å². The van der Waals surface area contributed by atoms with Gasteiger partial charge in [0.25, 0.3) is 0 Å². The van der Waals surface area contributed by atoms with E-state index in [9.17, 15) is 9.59 Å². The van der Waals surface area contributed by atoms with Crippen LogP contribution in [0.4, 0.5) is 0 Å². The van der Waals surface area contributed by atoms with Gasteiger partial charge in [0.2, 0.25) is 0 Å². The van der Waals surface area contributed by atoms with E-state index in [1.165, 1.54) is 7.11 Å². The molecule has 23 heavy (non-hydrogen) atoms. The second kappa shape index (κ2) is 5.08. The van der Waals surface area contributed by atoms with Crippen LogP contribution in [-0.4, -0.2) is 13.1 Å². The maximum absolute atomic E-state index is 12.7. The SMILES string of the molecule is COC(=O)c1cccc2c(=O)c(C)c([C@H]3C[C@H]4C=C[C@@H]3C4)oc12. The van der Waals surface area contributed by atoms with Gasteiger partial charge in [0.1, 0.15) is 11.3 Å². The normalized spacial score (nSPS) is 25.2. The van der Waals surface area contributed by atoms with Gasteiger partial charge in [-0.3, -0.25) is 4.79 Å². The quantitative estimate of drug-likeness (QED) is 0.628. The summed E-state index contributed by atoms with van der Waals surface area (Å²) < 4.78 is 10.9. The molecule has 2 aromatic rings. The summed E-state index contributed by atoms with van der Waals surface area (Å²) in [6.45, 7) is 1.82. The van der Waals surface area contributed by atoms with Crippen LogP contribution in [0.3, 0.4) is 0 Å². The summed E-state index contributed by atoms with van der Waals surface area (Å²) in [5.41, 5.74) is 1.25. The molecule has 118 valence electrons. The fraction of sp³-hybridized carbons (Fsp3) is 0.368. The number of allylic oxidation sites excluding steroid dienone is 2. The van der Waals surface area contributed by atoms with Gasteiger partial charge in [-0.2, -0.15) is 0 Å². The number of hydrogen-bond donors (Lipinski definition) is 0. The first-order valence-corrected chi connectivity index (χ1v) is 7.93. The Kier molecular flexibility index (Phi) is 3.15. The Morgan fingerprint density at radius 1 is 1.26 bits per heavy atom. The van der Waals surface area contributed by atoms with Crippen LogP contribution in [0.5, 0.6) is 0 Å². The zero-order valence-electron chi connectivity index (χ0n) is 13.2. The molecule has 4 nitrogen and oxygen atoms in total. The molecule has 1 saturated carbocycles. The predicted molar refractivity (Wildman–Crippen MR) is 86.7 cm³/mol. The molecular weight excluding hydrogens is 292 g/mol. The van der Waals surface area contributed by atoms with Crippen molar-refractivity contribution in [1.29, 1.82) is 0 Å². The van der Waals surface area contributed by atoms with Crippen LogP contribution >= 0.6 is 0 Å². The van der Waals surface area contributed by atoms with Crippen LogP contribution in [-0.2, 0) is 4.74 Å². The minimum absolute atomic E-state index is 0.0567. The molecule has 1 aromatic heterocycles. The van der Waals surface area contributed by atoms with Crippen molar-refractivity contribution in [3.8, 4) is 0 Å². The molecule has 0 N–H and O–H groups in total. The lowest BCUT2D eigenvalue weighted by molar-refractivity contribution is 0.0601. The van der Waals surface area contributed by atoms with Crippen molar-refractivity contribution in [3.63, 3.8) is 0 Å². The Labute approximate surface area is 133 Å². The summed E-state index contributed by atoms with van der Waals surface area (Å²) in [6, 6.07) is 5.02. The van der Waals surface area contributed by atoms with Crippen molar-refractivity contribution < 1.29 is 13.9 Å². The summed E-state index contributed by atoms with van der Waals surface area (Å²) in [5, 5.41) is 0.438. The number of rotatable bonds is 2. The fourth-order valence-corrected chi connectivity index (χ4v) is 4.03. The van der Waals surface area contributed by atoms with Gasteiger partial charge in [-0.1, -0.05) is 18.2 Å². The molecule has 0 aliphatic heterocycles. The number of ether oxygens (including phenoxy) is 1. The second-order valence-electron chi connectivity index (χ2n) is 6.48. The van der Waals surface area contributed by atoms with Crippen molar-refractivity contribution in [1.82, 2.24) is 0 Å². The minimum atomic E-state index is -0.485. The third-order valence-electron chi connectivity index (χ3n) is 5.20. The molecule has 0 unspecified atom stereocenters. The van der Waals surface area contributed by atoms with E-state index < -0.39 is 5.97 Å². The maximum atomic E-state index is 12.7. The number of fused-ring (bicyclic) bond motifs is 3. The molecule has 3 atom stereocenters. The fourth-order valence-electron chi connectivity index (χ4n) is 4.03. The van der Waals surface area contributed by atoms with Gasteiger partial charge in [-0.05, 0) is 43.7 Å². The lowest BCUT2D eigenvalue weighted by Gasteiger charge is -2.19. The highest BCUT2D eigenvalue weighted by Gasteiger charge is 2.39. The van der Waals surface area contributed by atoms with Gasteiger partial charge >= 0.3 is 5.97 Å². The molecule has 4 heteroatoms. The molecule has 2 aliphatic carbocycles. The molecule has 2 aliphatic rings. The first kappa shape index (κ1) is 14.2. The highest BCUT2D eigenvalue weighted by Crippen LogP contribution is 2.49. The van der Waals surface area contributed by atoms with Gasteiger partial charge in [-0.25, -0.2) is 4.79 Å². The number of para-hydroxylation sites is 1. The number of carbonyl (C=O) groups excluding carboxylic acids is 1. The van der Waals surface area contributed by atoms with E-state index in [-0.39, 0.29) is 11.3 Å². The van der Waals surface area contributed by atoms with E-state index in [1.54, 1.807) is 18.2 Å². The summed E-state index contributed by atoms with van der Waals surface area (Å²) in [5.74, 6) is 1.50. The predicted octanol–water partition coefficient (Wildman–Crippen LogP) is 3.57. The Hall–Kier alpha value is -2.36. The highest BCUT2D eigenvalue weighted by molar-refractivity contribution is 6.01. The zero-order chi connectivity index (χ0) is 16.1. The van der Waals surface area contributed by atoms with Crippen LogP contribution in [0.25, 0.3) is 11.0 Å². The van der Waals surface area contributed by atoms with E-state index in [0.29, 0.717) is 33.9 Å². The molecular formula is C19H18O4. The molecule has 0 saturated heterocycles. The molecule has 0 radical (unpaired) electrons. The second-order valence-corrected chi connectivity index (χ2v) is 6.48. The third-order valence-corrected chi connectivity index (χ3v) is 5.20. The molecule has 2 bridgehead atoms. The first-order chi connectivity index (χ1) is 11.1. The third kappa shape index (κ3) is 2.05. The molecule has 1 fully saturated rings. The van der Waals surface area contributed by atoms with Gasteiger partial charge in [0.15, 0.2) is 11.0 Å². The summed E-state index contributed by atoms with van der Waals surface area (Å²) >= 11 is 0. The number of hydrogen-bond acceptors (Lipinski definition) is 4. The highest BCUT2D eigenvalue weighted by atomic mass is 16.5. The van der Waals surface area contributed by atoms with Crippen LogP contribution in [0.15, 0.2) is 39.6 Å². The molecule has 1 aromatic carbocycles. The van der Waals surface area contributed by atoms with E-state index in [4.69, 9.17) is 9.15 Å². The Morgan fingerprint density at radius 2 is 2.09 bits per heavy atom. The molecule has 0 amide bonds. The maximum Gasteiger partial charge on any atom is 0.341 e. The number of methoxy groups -OCH3 is 1. The zero-order valence-corrected chi connectivity index (χ0v) is 13.2. The summed E-state index contributed by atoms with van der Waals surface area (Å²) in [6.07, 6.45) is 6.63. The van der Waals surface area contributed by atoms with E-state index in [0.717, 1.165) is 18.6 Å². The van der Waals surface area contributed by atoms with Gasteiger partial charge in [0.05, 0.1) is 12.5 Å². The smallest absolute Gasteiger partial charge is 0.341 e. The first-order valence-electron chi connectivity index (χ1n) is 7.93. The standard InChI is InChI=1S/C19H18O4/c1-10-16(20)13-4-3-5-14(19(21)22-2)18(13)23-17(10)15-9-11-6-7-12(15)8-11/h3-7,11-12,15H,8-9H2,1-2H3/t11-,12+,15-/m0/s1. The summed E-state index contributed by atoms with van der Waals surface area (Å²) in [4.78, 5) is 24.7. The van der Waals surface area contributed by atoms with Gasteiger partial charge in [0, 0.05) is 11.5 Å². The number of esters is 1. The van der Waals surface area contributed by atoms with Crippen LogP contribution in [0, 0.1) is 18.8 Å². The average Bonchev–Trinajstić information content (AvgIpc) is 3.20. The van der Waals surface area contributed by atoms with Crippen molar-refractivity contribution in [3.05, 3.63) is 57.5 Å².